The Labute approximate surface area is 175 Å². The van der Waals surface area contributed by atoms with Crippen molar-refractivity contribution in [2.45, 2.75) is 50.8 Å². The number of rotatable bonds is 8. The number of amides is 1. The van der Waals surface area contributed by atoms with Gasteiger partial charge in [0.15, 0.2) is 5.13 Å². The maximum atomic E-state index is 12.7. The highest BCUT2D eigenvalue weighted by Gasteiger charge is 2.25. The van der Waals surface area contributed by atoms with Gasteiger partial charge in [-0.05, 0) is 49.9 Å². The van der Waals surface area contributed by atoms with Crippen LogP contribution in [0.5, 0.6) is 5.75 Å². The number of methoxy groups -OCH3 is 1. The molecule has 0 unspecified atom stereocenters. The van der Waals surface area contributed by atoms with Gasteiger partial charge in [-0.3, -0.25) is 4.79 Å². The molecule has 0 radical (unpaired) electrons. The van der Waals surface area contributed by atoms with Gasteiger partial charge in [0.25, 0.3) is 0 Å². The molecule has 0 saturated heterocycles. The fourth-order valence-corrected chi connectivity index (χ4v) is 5.75. The van der Waals surface area contributed by atoms with Gasteiger partial charge in [-0.1, -0.05) is 31.1 Å². The molecule has 0 atom stereocenters. The zero-order chi connectivity index (χ0) is 21.0. The van der Waals surface area contributed by atoms with Gasteiger partial charge < -0.3 is 10.1 Å². The van der Waals surface area contributed by atoms with Crippen LogP contribution < -0.4 is 14.8 Å². The molecule has 1 fully saturated rings. The minimum Gasteiger partial charge on any atom is -0.495 e. The summed E-state index contributed by atoms with van der Waals surface area (Å²) in [5.41, 5.74) is 1.46. The van der Waals surface area contributed by atoms with E-state index in [4.69, 9.17) is 4.74 Å². The first kappa shape index (κ1) is 21.7. The van der Waals surface area contributed by atoms with Gasteiger partial charge in [-0.2, -0.15) is 0 Å². The Kier molecular flexibility index (Phi) is 6.92. The summed E-state index contributed by atoms with van der Waals surface area (Å²) in [4.78, 5) is 17.8. The van der Waals surface area contributed by atoms with Crippen molar-refractivity contribution in [3.8, 4) is 16.2 Å². The lowest BCUT2D eigenvalue weighted by Gasteiger charge is -2.12. The van der Waals surface area contributed by atoms with E-state index in [-0.39, 0.29) is 22.5 Å². The van der Waals surface area contributed by atoms with Crippen LogP contribution in [-0.2, 0) is 14.8 Å². The number of nitrogens with zero attached hydrogens (tertiary/aromatic N) is 1. The number of thiazole rings is 1. The first-order chi connectivity index (χ1) is 13.9. The second-order valence-electron chi connectivity index (χ2n) is 7.17. The van der Waals surface area contributed by atoms with Gasteiger partial charge in [-0.25, -0.2) is 18.1 Å². The quantitative estimate of drug-likeness (QED) is 0.652. The van der Waals surface area contributed by atoms with Crippen LogP contribution >= 0.6 is 11.3 Å². The fraction of sp³-hybridized carbons (Fsp3) is 0.500. The van der Waals surface area contributed by atoms with Crippen LogP contribution in [0.3, 0.4) is 0 Å². The average Bonchev–Trinajstić information content (AvgIpc) is 3.36. The molecular formula is C20H27N3O4S2. The number of nitrogens with one attached hydrogen (secondary N) is 2. The van der Waals surface area contributed by atoms with Crippen molar-refractivity contribution in [1.29, 1.82) is 0 Å². The molecule has 1 heterocycles. The summed E-state index contributed by atoms with van der Waals surface area (Å²) in [7, 11) is -2.25. The number of hydrogen-bond acceptors (Lipinski definition) is 6. The van der Waals surface area contributed by atoms with Crippen LogP contribution in [-0.4, -0.2) is 33.0 Å². The van der Waals surface area contributed by atoms with Gasteiger partial charge in [0.05, 0.1) is 17.7 Å². The van der Waals surface area contributed by atoms with Crippen LogP contribution in [0.25, 0.3) is 10.4 Å². The summed E-state index contributed by atoms with van der Waals surface area (Å²) in [6, 6.07) is 5.05. The van der Waals surface area contributed by atoms with E-state index in [0.29, 0.717) is 18.1 Å². The number of sulfonamides is 1. The van der Waals surface area contributed by atoms with Gasteiger partial charge >= 0.3 is 0 Å². The highest BCUT2D eigenvalue weighted by Crippen LogP contribution is 2.37. The second-order valence-corrected chi connectivity index (χ2v) is 9.90. The van der Waals surface area contributed by atoms with E-state index < -0.39 is 10.0 Å². The molecule has 9 heteroatoms. The summed E-state index contributed by atoms with van der Waals surface area (Å²) >= 11 is 1.35. The van der Waals surface area contributed by atoms with E-state index in [1.165, 1.54) is 18.4 Å². The number of carbonyl (C=O) groups excluding carboxylic acids is 1. The third-order valence-electron chi connectivity index (χ3n) is 5.01. The third kappa shape index (κ3) is 4.96. The molecule has 2 aromatic rings. The van der Waals surface area contributed by atoms with Crippen LogP contribution in [0, 0.1) is 12.8 Å². The summed E-state index contributed by atoms with van der Waals surface area (Å²) in [5.74, 6) is 0.365. The number of anilines is 1. The van der Waals surface area contributed by atoms with Crippen molar-refractivity contribution >= 4 is 32.4 Å². The van der Waals surface area contributed by atoms with Crippen molar-refractivity contribution in [3.63, 3.8) is 0 Å². The van der Waals surface area contributed by atoms with Gasteiger partial charge in [-0.15, -0.1) is 0 Å². The number of ether oxygens (including phenoxy) is 1. The van der Waals surface area contributed by atoms with Crippen molar-refractivity contribution in [3.05, 3.63) is 23.9 Å². The van der Waals surface area contributed by atoms with Crippen molar-refractivity contribution in [2.24, 2.45) is 5.92 Å². The number of carbonyl (C=O) groups is 1. The number of aryl methyl sites for hydroxylation is 1. The minimum absolute atomic E-state index is 0.0181. The van der Waals surface area contributed by atoms with E-state index in [0.717, 1.165) is 41.8 Å². The van der Waals surface area contributed by atoms with E-state index in [2.05, 4.69) is 15.0 Å². The Hall–Kier alpha value is -1.97. The summed E-state index contributed by atoms with van der Waals surface area (Å²) in [6.07, 6.45) is 4.73. The Morgan fingerprint density at radius 3 is 2.69 bits per heavy atom. The zero-order valence-electron chi connectivity index (χ0n) is 16.9. The summed E-state index contributed by atoms with van der Waals surface area (Å²) in [6.45, 7) is 4.11. The van der Waals surface area contributed by atoms with Gasteiger partial charge in [0.2, 0.25) is 15.9 Å². The van der Waals surface area contributed by atoms with Crippen LogP contribution in [0.15, 0.2) is 23.1 Å². The second kappa shape index (κ2) is 9.23. The van der Waals surface area contributed by atoms with Gasteiger partial charge in [0, 0.05) is 12.5 Å². The Morgan fingerprint density at radius 1 is 1.31 bits per heavy atom. The molecule has 29 heavy (non-hydrogen) atoms. The smallest absolute Gasteiger partial charge is 0.244 e. The molecular weight excluding hydrogens is 410 g/mol. The van der Waals surface area contributed by atoms with E-state index in [1.54, 1.807) is 18.2 Å². The number of aromatic nitrogens is 1. The average molecular weight is 438 g/mol. The monoisotopic (exact) mass is 437 g/mol. The summed E-state index contributed by atoms with van der Waals surface area (Å²) in [5, 5.41) is 3.46. The molecule has 158 valence electrons. The normalized spacial score (nSPS) is 14.9. The first-order valence-corrected chi connectivity index (χ1v) is 12.1. The zero-order valence-corrected chi connectivity index (χ0v) is 18.6. The molecule has 1 aromatic carbocycles. The van der Waals surface area contributed by atoms with Crippen LogP contribution in [0.1, 0.15) is 44.7 Å². The Balaban J connectivity index is 1.89. The van der Waals surface area contributed by atoms with Gasteiger partial charge in [0.1, 0.15) is 10.6 Å². The number of hydrogen-bond donors (Lipinski definition) is 2. The van der Waals surface area contributed by atoms with E-state index in [9.17, 15) is 13.2 Å². The lowest BCUT2D eigenvalue weighted by molar-refractivity contribution is -0.119. The maximum Gasteiger partial charge on any atom is 0.244 e. The maximum absolute atomic E-state index is 12.7. The molecule has 1 amide bonds. The topological polar surface area (TPSA) is 97.4 Å². The lowest BCUT2D eigenvalue weighted by atomic mass is 10.1. The largest absolute Gasteiger partial charge is 0.495 e. The number of benzene rings is 1. The molecule has 3 rings (SSSR count). The molecule has 1 aliphatic rings. The fourth-order valence-electron chi connectivity index (χ4n) is 3.46. The first-order valence-electron chi connectivity index (χ1n) is 9.82. The molecule has 2 N–H and O–H groups in total. The molecule has 0 spiro atoms. The lowest BCUT2D eigenvalue weighted by Crippen LogP contribution is -2.24. The minimum atomic E-state index is -3.69. The molecule has 1 saturated carbocycles. The highest BCUT2D eigenvalue weighted by atomic mass is 32.2. The molecule has 0 aliphatic heterocycles. The van der Waals surface area contributed by atoms with E-state index in [1.807, 2.05) is 13.8 Å². The standard InChI is InChI=1S/C20H27N3O4S2/c1-4-11-21-29(25,26)17-12-15(9-10-16(17)27-3)18-13(2)22-20(28-18)23-19(24)14-7-5-6-8-14/h9-10,12,14,21H,4-8,11H2,1-3H3,(H,22,23,24). The SMILES string of the molecule is CCCNS(=O)(=O)c1cc(-c2sc(NC(=O)C3CCCC3)nc2C)ccc1OC. The van der Waals surface area contributed by atoms with Crippen molar-refractivity contribution < 1.29 is 17.9 Å². The van der Waals surface area contributed by atoms with Crippen LogP contribution in [0.2, 0.25) is 0 Å². The third-order valence-corrected chi connectivity index (χ3v) is 7.61. The predicted octanol–water partition coefficient (Wildman–Crippen LogP) is 3.94. The Morgan fingerprint density at radius 2 is 2.03 bits per heavy atom. The van der Waals surface area contributed by atoms with Crippen molar-refractivity contribution in [1.82, 2.24) is 9.71 Å². The highest BCUT2D eigenvalue weighted by molar-refractivity contribution is 7.89. The predicted molar refractivity (Wildman–Crippen MR) is 115 cm³/mol. The molecule has 1 aromatic heterocycles. The molecule has 1 aliphatic carbocycles. The molecule has 7 nitrogen and oxygen atoms in total. The van der Waals surface area contributed by atoms with Crippen molar-refractivity contribution in [2.75, 3.05) is 19.0 Å². The Bertz CT molecular complexity index is 980. The molecule has 0 bridgehead atoms. The van der Waals surface area contributed by atoms with Crippen LogP contribution in [0.4, 0.5) is 5.13 Å². The summed E-state index contributed by atoms with van der Waals surface area (Å²) < 4.78 is 33.2. The van der Waals surface area contributed by atoms with E-state index >= 15 is 0 Å².